The largest absolute Gasteiger partial charge is 0.477 e. The lowest BCUT2D eigenvalue weighted by molar-refractivity contribution is 0.0691. The fourth-order valence-corrected chi connectivity index (χ4v) is 1.25. The minimum atomic E-state index is -0.950. The van der Waals surface area contributed by atoms with Crippen LogP contribution in [0.4, 0.5) is 0 Å². The number of rotatable bonds is 1. The smallest absolute Gasteiger partial charge is 0.352 e. The molecule has 0 aromatic carbocycles. The topological polar surface area (TPSA) is 66.0 Å². The summed E-state index contributed by atoms with van der Waals surface area (Å²) in [5.41, 5.74) is 1.87. The van der Waals surface area contributed by atoms with E-state index in [2.05, 4.69) is 9.97 Å². The Morgan fingerprint density at radius 2 is 2.31 bits per heavy atom. The van der Waals surface area contributed by atoms with Crippen LogP contribution in [0.15, 0.2) is 18.3 Å². The summed E-state index contributed by atoms with van der Waals surface area (Å²) in [6.07, 6.45) is 1.66. The minimum Gasteiger partial charge on any atom is -0.477 e. The van der Waals surface area contributed by atoms with Crippen LogP contribution in [-0.2, 0) is 0 Å². The summed E-state index contributed by atoms with van der Waals surface area (Å²) in [5.74, 6) is -0.950. The molecule has 0 saturated heterocycles. The van der Waals surface area contributed by atoms with Gasteiger partial charge in [0.25, 0.3) is 0 Å². The van der Waals surface area contributed by atoms with E-state index in [0.717, 1.165) is 16.6 Å². The molecule has 0 aliphatic rings. The van der Waals surface area contributed by atoms with Gasteiger partial charge in [-0.05, 0) is 19.1 Å². The van der Waals surface area contributed by atoms with E-state index >= 15 is 0 Å². The first kappa shape index (κ1) is 7.79. The van der Waals surface area contributed by atoms with Crippen molar-refractivity contribution >= 4 is 16.9 Å². The fraction of sp³-hybridized carbons (Fsp3) is 0.111. The van der Waals surface area contributed by atoms with E-state index in [1.165, 1.54) is 0 Å². The number of carbonyl (C=O) groups is 1. The summed E-state index contributed by atoms with van der Waals surface area (Å²) >= 11 is 0. The first-order valence-electron chi connectivity index (χ1n) is 3.85. The number of nitrogens with zero attached hydrogens (tertiary/aromatic N) is 1. The molecule has 0 saturated carbocycles. The number of aromatic amines is 1. The quantitative estimate of drug-likeness (QED) is 0.693. The first-order valence-corrected chi connectivity index (χ1v) is 3.85. The molecule has 66 valence electrons. The summed E-state index contributed by atoms with van der Waals surface area (Å²) in [5, 5.41) is 9.53. The Morgan fingerprint density at radius 3 is 3.00 bits per heavy atom. The second kappa shape index (κ2) is 2.58. The van der Waals surface area contributed by atoms with E-state index in [0.29, 0.717) is 0 Å². The number of carboxylic acids is 1. The third-order valence-electron chi connectivity index (χ3n) is 1.87. The number of carboxylic acid groups (broad SMARTS) is 1. The molecule has 4 nitrogen and oxygen atoms in total. The Kier molecular flexibility index (Phi) is 1.55. The Labute approximate surface area is 74.2 Å². The van der Waals surface area contributed by atoms with Crippen LogP contribution in [0.25, 0.3) is 10.9 Å². The molecule has 0 amide bonds. The average Bonchev–Trinajstić information content (AvgIpc) is 2.46. The molecular formula is C9H8N2O2. The predicted octanol–water partition coefficient (Wildman–Crippen LogP) is 1.57. The van der Waals surface area contributed by atoms with Crippen LogP contribution < -0.4 is 0 Å². The first-order chi connectivity index (χ1) is 6.16. The zero-order chi connectivity index (χ0) is 9.42. The molecule has 4 heteroatoms. The monoisotopic (exact) mass is 176 g/mol. The Hall–Kier alpha value is -1.84. The van der Waals surface area contributed by atoms with Gasteiger partial charge in [-0.1, -0.05) is 0 Å². The zero-order valence-corrected chi connectivity index (χ0v) is 7.03. The van der Waals surface area contributed by atoms with E-state index in [1.54, 1.807) is 12.3 Å². The van der Waals surface area contributed by atoms with Gasteiger partial charge in [-0.2, -0.15) is 0 Å². The molecular weight excluding hydrogens is 168 g/mol. The highest BCUT2D eigenvalue weighted by Crippen LogP contribution is 2.14. The highest BCUT2D eigenvalue weighted by Gasteiger charge is 2.06. The van der Waals surface area contributed by atoms with Crippen molar-refractivity contribution in [3.8, 4) is 0 Å². The molecule has 0 radical (unpaired) electrons. The fourth-order valence-electron chi connectivity index (χ4n) is 1.25. The molecule has 2 aromatic rings. The summed E-state index contributed by atoms with van der Waals surface area (Å²) in [4.78, 5) is 17.5. The average molecular weight is 176 g/mol. The highest BCUT2D eigenvalue weighted by atomic mass is 16.4. The van der Waals surface area contributed by atoms with Crippen LogP contribution in [0.3, 0.4) is 0 Å². The number of aryl methyl sites for hydroxylation is 1. The second-order valence-corrected chi connectivity index (χ2v) is 2.90. The third kappa shape index (κ3) is 1.26. The van der Waals surface area contributed by atoms with Crippen LogP contribution in [-0.4, -0.2) is 21.0 Å². The van der Waals surface area contributed by atoms with Crippen molar-refractivity contribution in [3.05, 3.63) is 29.7 Å². The molecule has 2 N–H and O–H groups in total. The molecule has 0 atom stereocenters. The Balaban J connectivity index is 2.68. The third-order valence-corrected chi connectivity index (χ3v) is 1.87. The number of aromatic carboxylic acids is 1. The number of hydrogen-bond acceptors (Lipinski definition) is 2. The van der Waals surface area contributed by atoms with Gasteiger partial charge in [0.2, 0.25) is 0 Å². The molecule has 2 heterocycles. The molecule has 0 unspecified atom stereocenters. The number of nitrogens with one attached hydrogen (secondary N) is 1. The molecule has 0 fully saturated rings. The van der Waals surface area contributed by atoms with Crippen LogP contribution in [0, 0.1) is 6.92 Å². The van der Waals surface area contributed by atoms with Gasteiger partial charge in [0, 0.05) is 22.8 Å². The molecule has 0 spiro atoms. The predicted molar refractivity (Wildman–Crippen MR) is 47.8 cm³/mol. The van der Waals surface area contributed by atoms with Gasteiger partial charge in [0.15, 0.2) is 0 Å². The highest BCUT2D eigenvalue weighted by molar-refractivity contribution is 5.93. The van der Waals surface area contributed by atoms with Gasteiger partial charge in [-0.15, -0.1) is 0 Å². The zero-order valence-electron chi connectivity index (χ0n) is 7.03. The van der Waals surface area contributed by atoms with Crippen molar-refractivity contribution in [2.75, 3.05) is 0 Å². The van der Waals surface area contributed by atoms with Crippen molar-refractivity contribution < 1.29 is 9.90 Å². The van der Waals surface area contributed by atoms with Crippen LogP contribution in [0.1, 0.15) is 16.2 Å². The summed E-state index contributed by atoms with van der Waals surface area (Å²) in [7, 11) is 0. The van der Waals surface area contributed by atoms with Gasteiger partial charge >= 0.3 is 5.97 Å². The molecule has 0 bridgehead atoms. The standard InChI is InChI=1S/C9H8N2O2/c1-5-2-7-6(4-10-5)3-8(11-7)9(12)13/h2-4,11H,1H3,(H,12,13). The molecule has 0 aliphatic carbocycles. The number of hydrogen-bond donors (Lipinski definition) is 2. The maximum atomic E-state index is 10.6. The van der Waals surface area contributed by atoms with Crippen molar-refractivity contribution in [2.24, 2.45) is 0 Å². The van der Waals surface area contributed by atoms with E-state index in [4.69, 9.17) is 5.11 Å². The van der Waals surface area contributed by atoms with Gasteiger partial charge in [-0.25, -0.2) is 4.79 Å². The van der Waals surface area contributed by atoms with Crippen molar-refractivity contribution in [3.63, 3.8) is 0 Å². The lowest BCUT2D eigenvalue weighted by atomic mass is 10.3. The van der Waals surface area contributed by atoms with E-state index in [1.807, 2.05) is 13.0 Å². The number of aromatic nitrogens is 2. The minimum absolute atomic E-state index is 0.197. The lowest BCUT2D eigenvalue weighted by Gasteiger charge is -1.90. The Morgan fingerprint density at radius 1 is 1.54 bits per heavy atom. The summed E-state index contributed by atoms with van der Waals surface area (Å²) in [6.45, 7) is 1.86. The maximum absolute atomic E-state index is 10.6. The van der Waals surface area contributed by atoms with E-state index in [9.17, 15) is 4.79 Å². The number of fused-ring (bicyclic) bond motifs is 1. The van der Waals surface area contributed by atoms with Crippen molar-refractivity contribution in [2.45, 2.75) is 6.92 Å². The maximum Gasteiger partial charge on any atom is 0.352 e. The van der Waals surface area contributed by atoms with Crippen LogP contribution in [0.2, 0.25) is 0 Å². The van der Waals surface area contributed by atoms with Gasteiger partial charge < -0.3 is 10.1 Å². The lowest BCUT2D eigenvalue weighted by Crippen LogP contribution is -1.94. The van der Waals surface area contributed by atoms with E-state index < -0.39 is 5.97 Å². The SMILES string of the molecule is Cc1cc2[nH]c(C(=O)O)cc2cn1. The van der Waals surface area contributed by atoms with Crippen LogP contribution in [0.5, 0.6) is 0 Å². The number of pyridine rings is 1. The normalized spacial score (nSPS) is 10.5. The molecule has 2 aromatic heterocycles. The van der Waals surface area contributed by atoms with Crippen molar-refractivity contribution in [1.29, 1.82) is 0 Å². The molecule has 13 heavy (non-hydrogen) atoms. The summed E-state index contributed by atoms with van der Waals surface area (Å²) < 4.78 is 0. The molecule has 0 aliphatic heterocycles. The number of H-pyrrole nitrogens is 1. The summed E-state index contributed by atoms with van der Waals surface area (Å²) in [6, 6.07) is 3.39. The molecule has 2 rings (SSSR count). The van der Waals surface area contributed by atoms with E-state index in [-0.39, 0.29) is 5.69 Å². The van der Waals surface area contributed by atoms with Crippen LogP contribution >= 0.6 is 0 Å². The van der Waals surface area contributed by atoms with Gasteiger partial charge in [0.1, 0.15) is 5.69 Å². The Bertz CT molecular complexity index is 473. The second-order valence-electron chi connectivity index (χ2n) is 2.90. The van der Waals surface area contributed by atoms with Gasteiger partial charge in [0.05, 0.1) is 0 Å². The van der Waals surface area contributed by atoms with Gasteiger partial charge in [-0.3, -0.25) is 4.98 Å². The van der Waals surface area contributed by atoms with Crippen molar-refractivity contribution in [1.82, 2.24) is 9.97 Å².